The van der Waals surface area contributed by atoms with Crippen molar-refractivity contribution in [3.63, 3.8) is 0 Å². The summed E-state index contributed by atoms with van der Waals surface area (Å²) < 4.78 is 0. The van der Waals surface area contributed by atoms with Gasteiger partial charge in [0.25, 0.3) is 0 Å². The zero-order valence-electron chi connectivity index (χ0n) is 7.80. The first-order chi connectivity index (χ1) is 5.58. The number of allylic oxidation sites excluding steroid dienone is 3. The van der Waals surface area contributed by atoms with E-state index < -0.39 is 5.60 Å². The van der Waals surface area contributed by atoms with Crippen molar-refractivity contribution in [1.29, 1.82) is 0 Å². The summed E-state index contributed by atoms with van der Waals surface area (Å²) >= 11 is 0. The molecule has 1 aliphatic rings. The fourth-order valence-corrected chi connectivity index (χ4v) is 1.06. The second-order valence-corrected chi connectivity index (χ2v) is 3.81. The van der Waals surface area contributed by atoms with Crippen molar-refractivity contribution in [2.75, 3.05) is 6.54 Å². The highest BCUT2D eigenvalue weighted by molar-refractivity contribution is 5.20. The molecular weight excluding hydrogens is 150 g/mol. The van der Waals surface area contributed by atoms with Crippen molar-refractivity contribution in [2.45, 2.75) is 32.3 Å². The Balaban J connectivity index is 2.32. The van der Waals surface area contributed by atoms with E-state index in [0.29, 0.717) is 6.54 Å². The molecule has 0 amide bonds. The summed E-state index contributed by atoms with van der Waals surface area (Å²) in [5, 5.41) is 12.6. The second-order valence-electron chi connectivity index (χ2n) is 3.81. The van der Waals surface area contributed by atoms with Crippen LogP contribution in [0.3, 0.4) is 0 Å². The lowest BCUT2D eigenvalue weighted by Crippen LogP contribution is -2.34. The van der Waals surface area contributed by atoms with Crippen LogP contribution in [-0.4, -0.2) is 17.3 Å². The lowest BCUT2D eigenvalue weighted by Gasteiger charge is -2.19. The lowest BCUT2D eigenvalue weighted by atomic mass is 10.1. The summed E-state index contributed by atoms with van der Waals surface area (Å²) in [5.41, 5.74) is 0.495. The Kier molecular flexibility index (Phi) is 2.93. The van der Waals surface area contributed by atoms with Crippen molar-refractivity contribution in [2.24, 2.45) is 0 Å². The van der Waals surface area contributed by atoms with Crippen LogP contribution >= 0.6 is 0 Å². The minimum Gasteiger partial charge on any atom is -0.389 e. The molecule has 0 unspecified atom stereocenters. The van der Waals surface area contributed by atoms with E-state index in [1.807, 2.05) is 0 Å². The number of hydrogen-bond acceptors (Lipinski definition) is 2. The Morgan fingerprint density at radius 1 is 1.50 bits per heavy atom. The summed E-state index contributed by atoms with van der Waals surface area (Å²) in [6.07, 6.45) is 8.60. The molecule has 0 aromatic carbocycles. The molecule has 0 aromatic rings. The molecule has 0 saturated carbocycles. The van der Waals surface area contributed by atoms with Crippen LogP contribution in [0.2, 0.25) is 0 Å². The average Bonchev–Trinajstić information content (AvgIpc) is 2.02. The molecule has 0 heterocycles. The largest absolute Gasteiger partial charge is 0.389 e. The van der Waals surface area contributed by atoms with Crippen molar-refractivity contribution in [1.82, 2.24) is 5.32 Å². The van der Waals surface area contributed by atoms with Gasteiger partial charge in [0, 0.05) is 12.2 Å². The number of aliphatic hydroxyl groups is 1. The Hall–Kier alpha value is -0.760. The Bertz CT molecular complexity index is 198. The first-order valence-corrected chi connectivity index (χ1v) is 4.41. The highest BCUT2D eigenvalue weighted by atomic mass is 16.3. The number of rotatable bonds is 3. The molecule has 0 fully saturated rings. The van der Waals surface area contributed by atoms with Gasteiger partial charge in [-0.05, 0) is 32.8 Å². The van der Waals surface area contributed by atoms with E-state index in [-0.39, 0.29) is 0 Å². The van der Waals surface area contributed by atoms with Gasteiger partial charge < -0.3 is 10.4 Å². The topological polar surface area (TPSA) is 32.3 Å². The third kappa shape index (κ3) is 3.58. The van der Waals surface area contributed by atoms with Crippen molar-refractivity contribution in [3.8, 4) is 0 Å². The molecule has 0 spiro atoms. The predicted octanol–water partition coefficient (Wildman–Crippen LogP) is 1.58. The number of nitrogens with one attached hydrogen (secondary N) is 1. The van der Waals surface area contributed by atoms with Crippen molar-refractivity contribution in [3.05, 3.63) is 23.9 Å². The Morgan fingerprint density at radius 3 is 2.75 bits per heavy atom. The molecule has 0 saturated heterocycles. The minimum absolute atomic E-state index is 0.600. The Morgan fingerprint density at radius 2 is 2.25 bits per heavy atom. The summed E-state index contributed by atoms with van der Waals surface area (Å²) in [4.78, 5) is 0. The molecular formula is C10H17NO. The molecule has 0 bridgehead atoms. The van der Waals surface area contributed by atoms with Crippen molar-refractivity contribution >= 4 is 0 Å². The molecule has 0 radical (unpaired) electrons. The van der Waals surface area contributed by atoms with E-state index in [4.69, 9.17) is 0 Å². The van der Waals surface area contributed by atoms with Gasteiger partial charge in [0.15, 0.2) is 0 Å². The second kappa shape index (κ2) is 3.76. The van der Waals surface area contributed by atoms with Crippen LogP contribution in [0, 0.1) is 0 Å². The third-order valence-corrected chi connectivity index (χ3v) is 1.72. The molecule has 0 aliphatic heterocycles. The first-order valence-electron chi connectivity index (χ1n) is 4.41. The van der Waals surface area contributed by atoms with E-state index in [0.717, 1.165) is 18.5 Å². The van der Waals surface area contributed by atoms with Crippen LogP contribution in [-0.2, 0) is 0 Å². The first kappa shape index (κ1) is 9.33. The molecule has 68 valence electrons. The fourth-order valence-electron chi connectivity index (χ4n) is 1.06. The summed E-state index contributed by atoms with van der Waals surface area (Å²) in [7, 11) is 0. The standard InChI is InChI=1S/C10H17NO/c1-10(2,12)8-11-9-6-4-3-5-7-9/h4,6-7,11-12H,3,5,8H2,1-2H3. The lowest BCUT2D eigenvalue weighted by molar-refractivity contribution is 0.0828. The maximum Gasteiger partial charge on any atom is 0.0763 e. The van der Waals surface area contributed by atoms with Gasteiger partial charge in [-0.25, -0.2) is 0 Å². The smallest absolute Gasteiger partial charge is 0.0763 e. The summed E-state index contributed by atoms with van der Waals surface area (Å²) in [5.74, 6) is 0. The van der Waals surface area contributed by atoms with Gasteiger partial charge in [0.1, 0.15) is 0 Å². The van der Waals surface area contributed by atoms with E-state index in [1.54, 1.807) is 13.8 Å². The van der Waals surface area contributed by atoms with E-state index in [1.165, 1.54) is 0 Å². The summed E-state index contributed by atoms with van der Waals surface area (Å²) in [6, 6.07) is 0. The molecule has 0 aromatic heterocycles. The van der Waals surface area contributed by atoms with Gasteiger partial charge in [-0.1, -0.05) is 12.2 Å². The van der Waals surface area contributed by atoms with E-state index >= 15 is 0 Å². The molecule has 0 atom stereocenters. The molecule has 2 heteroatoms. The fraction of sp³-hybridized carbons (Fsp3) is 0.600. The molecule has 2 nitrogen and oxygen atoms in total. The van der Waals surface area contributed by atoms with Gasteiger partial charge in [0.2, 0.25) is 0 Å². The summed E-state index contributed by atoms with van der Waals surface area (Å²) in [6.45, 7) is 4.20. The molecule has 12 heavy (non-hydrogen) atoms. The van der Waals surface area contributed by atoms with E-state index in [9.17, 15) is 5.11 Å². The molecule has 1 rings (SSSR count). The van der Waals surface area contributed by atoms with Gasteiger partial charge in [0.05, 0.1) is 5.60 Å². The zero-order valence-corrected chi connectivity index (χ0v) is 7.80. The average molecular weight is 167 g/mol. The van der Waals surface area contributed by atoms with Crippen LogP contribution < -0.4 is 5.32 Å². The van der Waals surface area contributed by atoms with Gasteiger partial charge in [-0.3, -0.25) is 0 Å². The molecule has 2 N–H and O–H groups in total. The highest BCUT2D eigenvalue weighted by Gasteiger charge is 2.11. The SMILES string of the molecule is CC(C)(O)CNC1=CCCC=C1. The quantitative estimate of drug-likeness (QED) is 0.669. The van der Waals surface area contributed by atoms with E-state index in [2.05, 4.69) is 23.5 Å². The van der Waals surface area contributed by atoms with Crippen LogP contribution in [0.15, 0.2) is 23.9 Å². The van der Waals surface area contributed by atoms with Crippen LogP contribution in [0.4, 0.5) is 0 Å². The monoisotopic (exact) mass is 167 g/mol. The van der Waals surface area contributed by atoms with Crippen LogP contribution in [0.5, 0.6) is 0 Å². The molecule has 1 aliphatic carbocycles. The Labute approximate surface area is 74.0 Å². The number of hydrogen-bond donors (Lipinski definition) is 2. The van der Waals surface area contributed by atoms with Crippen molar-refractivity contribution < 1.29 is 5.11 Å². The van der Waals surface area contributed by atoms with Gasteiger partial charge in [-0.15, -0.1) is 0 Å². The predicted molar refractivity (Wildman–Crippen MR) is 50.8 cm³/mol. The normalized spacial score (nSPS) is 17.4. The zero-order chi connectivity index (χ0) is 9.03. The maximum absolute atomic E-state index is 9.43. The third-order valence-electron chi connectivity index (χ3n) is 1.72. The minimum atomic E-state index is -0.633. The van der Waals surface area contributed by atoms with Gasteiger partial charge in [-0.2, -0.15) is 0 Å². The highest BCUT2D eigenvalue weighted by Crippen LogP contribution is 2.07. The maximum atomic E-state index is 9.43. The van der Waals surface area contributed by atoms with Crippen LogP contribution in [0.25, 0.3) is 0 Å². The van der Waals surface area contributed by atoms with Crippen LogP contribution in [0.1, 0.15) is 26.7 Å². The van der Waals surface area contributed by atoms with Gasteiger partial charge >= 0.3 is 0 Å².